The van der Waals surface area contributed by atoms with E-state index in [1.165, 1.54) is 5.56 Å². The molecule has 3 heterocycles. The summed E-state index contributed by atoms with van der Waals surface area (Å²) in [6, 6.07) is 8.16. The highest BCUT2D eigenvalue weighted by Gasteiger charge is 2.17. The Kier molecular flexibility index (Phi) is 3.06. The second kappa shape index (κ2) is 5.09. The molecule has 0 unspecified atom stereocenters. The summed E-state index contributed by atoms with van der Waals surface area (Å²) >= 11 is 0. The van der Waals surface area contributed by atoms with Crippen molar-refractivity contribution in [3.05, 3.63) is 52.3 Å². The molecule has 5 heteroatoms. The fraction of sp³-hybridized carbons (Fsp3) is 0.353. The van der Waals surface area contributed by atoms with Crippen LogP contribution in [0.5, 0.6) is 0 Å². The van der Waals surface area contributed by atoms with Gasteiger partial charge in [0.1, 0.15) is 12.2 Å². The van der Waals surface area contributed by atoms with E-state index in [9.17, 15) is 4.79 Å². The van der Waals surface area contributed by atoms with E-state index in [2.05, 4.69) is 24.0 Å². The molecule has 0 atom stereocenters. The fourth-order valence-corrected chi connectivity index (χ4v) is 3.07. The lowest BCUT2D eigenvalue weighted by atomic mass is 10.2. The molecular formula is C17H18N4O. The average molecular weight is 294 g/mol. The Bertz CT molecular complexity index is 889. The number of benzene rings is 1. The molecule has 0 saturated carbocycles. The van der Waals surface area contributed by atoms with Gasteiger partial charge >= 0.3 is 0 Å². The van der Waals surface area contributed by atoms with Gasteiger partial charge in [0, 0.05) is 18.7 Å². The van der Waals surface area contributed by atoms with E-state index in [4.69, 9.17) is 4.98 Å². The van der Waals surface area contributed by atoms with Gasteiger partial charge in [-0.3, -0.25) is 13.9 Å². The summed E-state index contributed by atoms with van der Waals surface area (Å²) in [5, 5.41) is 0. The van der Waals surface area contributed by atoms with Gasteiger partial charge in [-0.1, -0.05) is 24.1 Å². The van der Waals surface area contributed by atoms with Crippen LogP contribution >= 0.6 is 0 Å². The number of fused-ring (bicyclic) bond motifs is 2. The van der Waals surface area contributed by atoms with Gasteiger partial charge in [-0.2, -0.15) is 0 Å². The Hall–Kier alpha value is -2.43. The smallest absolute Gasteiger partial charge is 0.281 e. The quantitative estimate of drug-likeness (QED) is 0.693. The first-order valence-electron chi connectivity index (χ1n) is 7.78. The van der Waals surface area contributed by atoms with Gasteiger partial charge in [-0.25, -0.2) is 9.97 Å². The van der Waals surface area contributed by atoms with Crippen LogP contribution < -0.4 is 5.56 Å². The summed E-state index contributed by atoms with van der Waals surface area (Å²) in [5.74, 6) is 0.892. The zero-order valence-electron chi connectivity index (χ0n) is 12.6. The molecule has 0 N–H and O–H groups in total. The van der Waals surface area contributed by atoms with Crippen molar-refractivity contribution in [2.45, 2.75) is 39.2 Å². The minimum atomic E-state index is -0.00670. The molecule has 112 valence electrons. The molecule has 1 aliphatic heterocycles. The summed E-state index contributed by atoms with van der Waals surface area (Å²) in [6.07, 6.45) is 5.85. The molecule has 4 rings (SSSR count). The predicted molar refractivity (Wildman–Crippen MR) is 85.4 cm³/mol. The number of hydrogen-bond donors (Lipinski definition) is 0. The molecular weight excluding hydrogens is 276 g/mol. The first-order chi connectivity index (χ1) is 10.7. The number of hydrogen-bond acceptors (Lipinski definition) is 3. The van der Waals surface area contributed by atoms with Crippen LogP contribution in [0.4, 0.5) is 0 Å². The molecule has 0 bridgehead atoms. The summed E-state index contributed by atoms with van der Waals surface area (Å²) in [6.45, 7) is 2.81. The van der Waals surface area contributed by atoms with E-state index in [-0.39, 0.29) is 5.56 Å². The predicted octanol–water partition coefficient (Wildman–Crippen LogP) is 2.62. The molecule has 22 heavy (non-hydrogen) atoms. The van der Waals surface area contributed by atoms with E-state index < -0.39 is 0 Å². The van der Waals surface area contributed by atoms with Crippen LogP contribution in [0.25, 0.3) is 16.9 Å². The zero-order chi connectivity index (χ0) is 15.1. The Balaban J connectivity index is 1.95. The molecule has 2 aromatic heterocycles. The van der Waals surface area contributed by atoms with Crippen LogP contribution in [-0.4, -0.2) is 19.1 Å². The van der Waals surface area contributed by atoms with Crippen molar-refractivity contribution in [3.63, 3.8) is 0 Å². The highest BCUT2D eigenvalue weighted by molar-refractivity contribution is 5.72. The monoisotopic (exact) mass is 294 g/mol. The van der Waals surface area contributed by atoms with Crippen LogP contribution in [0.15, 0.2) is 35.4 Å². The van der Waals surface area contributed by atoms with Crippen molar-refractivity contribution in [2.24, 2.45) is 0 Å². The normalized spacial score (nSPS) is 14.8. The molecule has 5 nitrogen and oxygen atoms in total. The van der Waals surface area contributed by atoms with Crippen LogP contribution in [0.2, 0.25) is 0 Å². The third-order valence-electron chi connectivity index (χ3n) is 4.33. The number of imidazole rings is 1. The van der Waals surface area contributed by atoms with Crippen molar-refractivity contribution in [1.82, 2.24) is 19.1 Å². The van der Waals surface area contributed by atoms with E-state index >= 15 is 0 Å². The summed E-state index contributed by atoms with van der Waals surface area (Å²) < 4.78 is 3.71. The summed E-state index contributed by atoms with van der Waals surface area (Å²) in [7, 11) is 0. The number of aryl methyl sites for hydroxylation is 2. The molecule has 0 fully saturated rings. The van der Waals surface area contributed by atoms with E-state index in [1.54, 1.807) is 6.33 Å². The van der Waals surface area contributed by atoms with Crippen LogP contribution in [0.3, 0.4) is 0 Å². The van der Waals surface area contributed by atoms with Crippen LogP contribution in [-0.2, 0) is 13.0 Å². The molecule has 0 radical (unpaired) electrons. The summed E-state index contributed by atoms with van der Waals surface area (Å²) in [5.41, 5.74) is 3.31. The maximum Gasteiger partial charge on any atom is 0.281 e. The Morgan fingerprint density at radius 3 is 2.73 bits per heavy atom. The third kappa shape index (κ3) is 2.04. The molecule has 1 aromatic carbocycles. The first kappa shape index (κ1) is 13.2. The Labute approximate surface area is 128 Å². The largest absolute Gasteiger partial charge is 0.295 e. The van der Waals surface area contributed by atoms with Crippen molar-refractivity contribution in [1.29, 1.82) is 0 Å². The van der Waals surface area contributed by atoms with E-state index in [0.29, 0.717) is 11.2 Å². The SMILES string of the molecule is Cc1ccc(-n2cnc3c(=O)n4c(nc32)CCCCC4)cc1. The minimum absolute atomic E-state index is 0.00670. The lowest BCUT2D eigenvalue weighted by molar-refractivity contribution is 0.613. The van der Waals surface area contributed by atoms with E-state index in [0.717, 1.165) is 43.7 Å². The van der Waals surface area contributed by atoms with Gasteiger partial charge in [0.2, 0.25) is 0 Å². The lowest BCUT2D eigenvalue weighted by Crippen LogP contribution is -2.24. The third-order valence-corrected chi connectivity index (χ3v) is 4.33. The maximum absolute atomic E-state index is 12.7. The molecule has 0 aliphatic carbocycles. The minimum Gasteiger partial charge on any atom is -0.295 e. The van der Waals surface area contributed by atoms with Gasteiger partial charge in [0.15, 0.2) is 11.2 Å². The summed E-state index contributed by atoms with van der Waals surface area (Å²) in [4.78, 5) is 21.8. The average Bonchev–Trinajstić information content (AvgIpc) is 2.79. The molecule has 1 aliphatic rings. The maximum atomic E-state index is 12.7. The first-order valence-corrected chi connectivity index (χ1v) is 7.78. The van der Waals surface area contributed by atoms with Crippen LogP contribution in [0, 0.1) is 6.92 Å². The van der Waals surface area contributed by atoms with Gasteiger partial charge in [0.25, 0.3) is 5.56 Å². The molecule has 0 amide bonds. The van der Waals surface area contributed by atoms with Crippen molar-refractivity contribution >= 4 is 11.2 Å². The second-order valence-corrected chi connectivity index (χ2v) is 5.92. The Morgan fingerprint density at radius 2 is 1.91 bits per heavy atom. The number of nitrogens with zero attached hydrogens (tertiary/aromatic N) is 4. The van der Waals surface area contributed by atoms with Crippen molar-refractivity contribution < 1.29 is 0 Å². The highest BCUT2D eigenvalue weighted by atomic mass is 16.1. The van der Waals surface area contributed by atoms with Gasteiger partial charge in [0.05, 0.1) is 0 Å². The van der Waals surface area contributed by atoms with Crippen molar-refractivity contribution in [3.8, 4) is 5.69 Å². The molecule has 0 spiro atoms. The van der Waals surface area contributed by atoms with E-state index in [1.807, 2.05) is 21.3 Å². The standard InChI is InChI=1S/C17H18N4O/c1-12-6-8-13(9-7-12)21-11-18-15-16(21)19-14-5-3-2-4-10-20(14)17(15)22/h6-9,11H,2-5,10H2,1H3. The van der Waals surface area contributed by atoms with Crippen molar-refractivity contribution in [2.75, 3.05) is 0 Å². The van der Waals surface area contributed by atoms with Gasteiger partial charge < -0.3 is 0 Å². The number of rotatable bonds is 1. The molecule has 0 saturated heterocycles. The number of aromatic nitrogens is 4. The zero-order valence-corrected chi connectivity index (χ0v) is 12.6. The second-order valence-electron chi connectivity index (χ2n) is 5.92. The van der Waals surface area contributed by atoms with Crippen LogP contribution in [0.1, 0.15) is 30.7 Å². The topological polar surface area (TPSA) is 52.7 Å². The Morgan fingerprint density at radius 1 is 1.09 bits per heavy atom. The fourth-order valence-electron chi connectivity index (χ4n) is 3.07. The van der Waals surface area contributed by atoms with Gasteiger partial charge in [-0.05, 0) is 31.9 Å². The lowest BCUT2D eigenvalue weighted by Gasteiger charge is -2.09. The highest BCUT2D eigenvalue weighted by Crippen LogP contribution is 2.18. The molecule has 3 aromatic rings. The van der Waals surface area contributed by atoms with Gasteiger partial charge in [-0.15, -0.1) is 0 Å².